The Morgan fingerprint density at radius 2 is 1.81 bits per heavy atom. The van der Waals surface area contributed by atoms with Gasteiger partial charge in [0, 0.05) is 44.7 Å². The monoisotopic (exact) mass is 299 g/mol. The first-order valence-corrected chi connectivity index (χ1v) is 7.95. The number of aliphatic carboxylic acids is 1. The van der Waals surface area contributed by atoms with Gasteiger partial charge < -0.3 is 15.3 Å². The average molecular weight is 299 g/mol. The Bertz CT molecular complexity index is 341. The minimum Gasteiger partial charge on any atom is -0.481 e. The third-order valence-corrected chi connectivity index (χ3v) is 4.21. The fraction of sp³-hybridized carbons (Fsp3) is 0.867. The number of urea groups is 1. The van der Waals surface area contributed by atoms with Crippen LogP contribution >= 0.6 is 0 Å². The molecule has 0 aromatic carbocycles. The van der Waals surface area contributed by atoms with Crippen LogP contribution in [-0.4, -0.2) is 65.2 Å². The number of piperazine rings is 1. The molecule has 1 rings (SSSR count). The van der Waals surface area contributed by atoms with Crippen molar-refractivity contribution in [1.29, 1.82) is 0 Å². The Labute approximate surface area is 127 Å². The smallest absolute Gasteiger partial charge is 0.317 e. The van der Waals surface area contributed by atoms with E-state index in [0.717, 1.165) is 32.6 Å². The van der Waals surface area contributed by atoms with Crippen LogP contribution in [0.4, 0.5) is 4.79 Å². The predicted molar refractivity (Wildman–Crippen MR) is 82.4 cm³/mol. The number of carbonyl (C=O) groups excluding carboxylic acids is 1. The second-order valence-electron chi connectivity index (χ2n) is 5.92. The molecule has 0 bridgehead atoms. The standard InChI is InChI=1S/C15H29N3O3/c1-4-13(3)17-8-10-18(11-9-17)15(21)16-12(2)6-5-7-14(19)20/h12-13H,4-11H2,1-3H3,(H,16,21)(H,19,20). The zero-order chi connectivity index (χ0) is 15.8. The minimum absolute atomic E-state index is 0.0180. The van der Waals surface area contributed by atoms with Crippen LogP contribution in [0.2, 0.25) is 0 Å². The fourth-order valence-corrected chi connectivity index (χ4v) is 2.56. The fourth-order valence-electron chi connectivity index (χ4n) is 2.56. The summed E-state index contributed by atoms with van der Waals surface area (Å²) in [6, 6.07) is 0.566. The van der Waals surface area contributed by atoms with Crippen molar-refractivity contribution in [2.24, 2.45) is 0 Å². The lowest BCUT2D eigenvalue weighted by Gasteiger charge is -2.38. The van der Waals surface area contributed by atoms with Gasteiger partial charge in [0.25, 0.3) is 0 Å². The highest BCUT2D eigenvalue weighted by molar-refractivity contribution is 5.74. The zero-order valence-corrected chi connectivity index (χ0v) is 13.5. The number of carboxylic acids is 1. The number of hydrogen-bond acceptors (Lipinski definition) is 3. The zero-order valence-electron chi connectivity index (χ0n) is 13.5. The van der Waals surface area contributed by atoms with Gasteiger partial charge >= 0.3 is 12.0 Å². The molecule has 0 spiro atoms. The van der Waals surface area contributed by atoms with Crippen molar-refractivity contribution < 1.29 is 14.7 Å². The summed E-state index contributed by atoms with van der Waals surface area (Å²) in [4.78, 5) is 26.9. The van der Waals surface area contributed by atoms with Crippen molar-refractivity contribution in [1.82, 2.24) is 15.1 Å². The summed E-state index contributed by atoms with van der Waals surface area (Å²) < 4.78 is 0. The van der Waals surface area contributed by atoms with E-state index < -0.39 is 5.97 Å². The molecule has 1 aliphatic rings. The molecule has 6 nitrogen and oxygen atoms in total. The summed E-state index contributed by atoms with van der Waals surface area (Å²) in [6.07, 6.45) is 2.59. The third kappa shape index (κ3) is 6.33. The Hall–Kier alpha value is -1.30. The van der Waals surface area contributed by atoms with Gasteiger partial charge in [0.05, 0.1) is 0 Å². The van der Waals surface area contributed by atoms with E-state index in [1.165, 1.54) is 0 Å². The molecule has 2 N–H and O–H groups in total. The quantitative estimate of drug-likeness (QED) is 0.751. The minimum atomic E-state index is -0.783. The lowest BCUT2D eigenvalue weighted by Crippen LogP contribution is -2.54. The van der Waals surface area contributed by atoms with E-state index in [2.05, 4.69) is 24.1 Å². The van der Waals surface area contributed by atoms with E-state index in [4.69, 9.17) is 5.11 Å². The Morgan fingerprint density at radius 3 is 2.33 bits per heavy atom. The van der Waals surface area contributed by atoms with Crippen LogP contribution in [0.15, 0.2) is 0 Å². The van der Waals surface area contributed by atoms with Crippen LogP contribution in [0.3, 0.4) is 0 Å². The number of nitrogens with zero attached hydrogens (tertiary/aromatic N) is 2. The summed E-state index contributed by atoms with van der Waals surface area (Å²) in [5.74, 6) is -0.783. The van der Waals surface area contributed by atoms with E-state index in [1.807, 2.05) is 11.8 Å². The topological polar surface area (TPSA) is 72.9 Å². The van der Waals surface area contributed by atoms with Crippen LogP contribution in [0.25, 0.3) is 0 Å². The van der Waals surface area contributed by atoms with Gasteiger partial charge in [0.2, 0.25) is 0 Å². The number of amides is 2. The molecule has 0 radical (unpaired) electrons. The largest absolute Gasteiger partial charge is 0.481 e. The molecular weight excluding hydrogens is 270 g/mol. The molecule has 0 aliphatic carbocycles. The summed E-state index contributed by atoms with van der Waals surface area (Å²) in [7, 11) is 0. The highest BCUT2D eigenvalue weighted by atomic mass is 16.4. The first kappa shape index (κ1) is 17.8. The molecule has 0 aromatic rings. The molecule has 0 aromatic heterocycles. The first-order chi connectivity index (χ1) is 9.93. The van der Waals surface area contributed by atoms with Gasteiger partial charge in [-0.15, -0.1) is 0 Å². The van der Waals surface area contributed by atoms with Crippen molar-refractivity contribution in [2.45, 2.75) is 58.5 Å². The van der Waals surface area contributed by atoms with E-state index in [-0.39, 0.29) is 18.5 Å². The molecule has 21 heavy (non-hydrogen) atoms. The van der Waals surface area contributed by atoms with Crippen molar-refractivity contribution >= 4 is 12.0 Å². The molecular formula is C15H29N3O3. The number of rotatable bonds is 7. The Kier molecular flexibility index (Phi) is 7.50. The van der Waals surface area contributed by atoms with Crippen molar-refractivity contribution in [3.05, 3.63) is 0 Å². The molecule has 0 saturated carbocycles. The molecule has 1 saturated heterocycles. The van der Waals surface area contributed by atoms with Crippen molar-refractivity contribution in [3.8, 4) is 0 Å². The van der Waals surface area contributed by atoms with E-state index in [0.29, 0.717) is 18.9 Å². The van der Waals surface area contributed by atoms with Crippen LogP contribution in [0, 0.1) is 0 Å². The van der Waals surface area contributed by atoms with Crippen molar-refractivity contribution in [2.75, 3.05) is 26.2 Å². The summed E-state index contributed by atoms with van der Waals surface area (Å²) in [5.41, 5.74) is 0. The molecule has 122 valence electrons. The number of hydrogen-bond donors (Lipinski definition) is 2. The maximum atomic E-state index is 12.1. The van der Waals surface area contributed by atoms with Gasteiger partial charge in [-0.25, -0.2) is 4.79 Å². The van der Waals surface area contributed by atoms with Crippen LogP contribution in [0.5, 0.6) is 0 Å². The number of nitrogens with one attached hydrogen (secondary N) is 1. The highest BCUT2D eigenvalue weighted by Gasteiger charge is 2.23. The normalized spacial score (nSPS) is 19.1. The summed E-state index contributed by atoms with van der Waals surface area (Å²) >= 11 is 0. The van der Waals surface area contributed by atoms with Crippen LogP contribution in [-0.2, 0) is 4.79 Å². The van der Waals surface area contributed by atoms with Gasteiger partial charge in [-0.05, 0) is 33.1 Å². The van der Waals surface area contributed by atoms with Crippen LogP contribution in [0.1, 0.15) is 46.5 Å². The van der Waals surface area contributed by atoms with Gasteiger partial charge in [-0.3, -0.25) is 9.69 Å². The van der Waals surface area contributed by atoms with Crippen LogP contribution < -0.4 is 5.32 Å². The highest BCUT2D eigenvalue weighted by Crippen LogP contribution is 2.09. The molecule has 1 heterocycles. The van der Waals surface area contributed by atoms with Gasteiger partial charge in [-0.1, -0.05) is 6.92 Å². The lowest BCUT2D eigenvalue weighted by atomic mass is 10.1. The Morgan fingerprint density at radius 1 is 1.19 bits per heavy atom. The summed E-state index contributed by atoms with van der Waals surface area (Å²) in [5, 5.41) is 11.6. The average Bonchev–Trinajstić information content (AvgIpc) is 2.46. The molecule has 1 fully saturated rings. The van der Waals surface area contributed by atoms with Gasteiger partial charge in [0.15, 0.2) is 0 Å². The lowest BCUT2D eigenvalue weighted by molar-refractivity contribution is -0.137. The molecule has 2 atom stereocenters. The predicted octanol–water partition coefficient (Wildman–Crippen LogP) is 1.76. The first-order valence-electron chi connectivity index (χ1n) is 7.95. The second kappa shape index (κ2) is 8.87. The van der Waals surface area contributed by atoms with E-state index in [9.17, 15) is 9.59 Å². The summed E-state index contributed by atoms with van der Waals surface area (Å²) in [6.45, 7) is 9.71. The van der Waals surface area contributed by atoms with Crippen molar-refractivity contribution in [3.63, 3.8) is 0 Å². The van der Waals surface area contributed by atoms with E-state index >= 15 is 0 Å². The Balaban J connectivity index is 2.25. The molecule has 6 heteroatoms. The van der Waals surface area contributed by atoms with Gasteiger partial charge in [0.1, 0.15) is 0 Å². The number of carboxylic acid groups (broad SMARTS) is 1. The maximum Gasteiger partial charge on any atom is 0.317 e. The van der Waals surface area contributed by atoms with E-state index in [1.54, 1.807) is 0 Å². The molecule has 2 unspecified atom stereocenters. The second-order valence-corrected chi connectivity index (χ2v) is 5.92. The maximum absolute atomic E-state index is 12.1. The molecule has 2 amide bonds. The SMILES string of the molecule is CCC(C)N1CCN(C(=O)NC(C)CCCC(=O)O)CC1. The third-order valence-electron chi connectivity index (χ3n) is 4.21. The van der Waals surface area contributed by atoms with Gasteiger partial charge in [-0.2, -0.15) is 0 Å². The number of carbonyl (C=O) groups is 2. The molecule has 1 aliphatic heterocycles.